The molecule has 0 radical (unpaired) electrons. The molecule has 132 valence electrons. The van der Waals surface area contributed by atoms with Crippen LogP contribution in [0, 0.1) is 0 Å². The Morgan fingerprint density at radius 2 is 2.00 bits per heavy atom. The quantitative estimate of drug-likeness (QED) is 0.861. The molecule has 0 aromatic heterocycles. The molecule has 1 unspecified atom stereocenters. The molecule has 1 amide bonds. The van der Waals surface area contributed by atoms with Gasteiger partial charge in [-0.05, 0) is 47.6 Å². The van der Waals surface area contributed by atoms with Crippen LogP contribution in [-0.2, 0) is 14.0 Å². The van der Waals surface area contributed by atoms with Gasteiger partial charge >= 0.3 is 13.2 Å². The van der Waals surface area contributed by atoms with Crippen molar-refractivity contribution in [2.45, 2.75) is 58.8 Å². The van der Waals surface area contributed by atoms with E-state index in [2.05, 4.69) is 5.32 Å². The summed E-state index contributed by atoms with van der Waals surface area (Å²) in [6.07, 6.45) is -0.549. The lowest BCUT2D eigenvalue weighted by Gasteiger charge is -2.21. The summed E-state index contributed by atoms with van der Waals surface area (Å²) < 4.78 is 22.5. The second-order valence-electron chi connectivity index (χ2n) is 7.42. The van der Waals surface area contributed by atoms with Gasteiger partial charge in [0.15, 0.2) is 0 Å². The summed E-state index contributed by atoms with van der Waals surface area (Å²) in [6.45, 7) is 11.4. The monoisotopic (exact) mass is 335 g/mol. The summed E-state index contributed by atoms with van der Waals surface area (Å²) in [5, 5.41) is 2.69. The van der Waals surface area contributed by atoms with Gasteiger partial charge in [0.2, 0.25) is 0 Å². The lowest BCUT2D eigenvalue weighted by Crippen LogP contribution is -2.35. The molecule has 7 heteroatoms. The van der Waals surface area contributed by atoms with Gasteiger partial charge in [0, 0.05) is 17.2 Å². The van der Waals surface area contributed by atoms with Gasteiger partial charge < -0.3 is 18.8 Å². The Kier molecular flexibility index (Phi) is 5.15. The lowest BCUT2D eigenvalue weighted by molar-refractivity contribution is 0.0636. The highest BCUT2D eigenvalue weighted by Crippen LogP contribution is 2.29. The van der Waals surface area contributed by atoms with Crippen LogP contribution in [0.1, 0.15) is 41.5 Å². The van der Waals surface area contributed by atoms with Gasteiger partial charge in [-0.1, -0.05) is 6.07 Å². The van der Waals surface area contributed by atoms with Crippen LogP contribution in [0.15, 0.2) is 18.2 Å². The predicted octanol–water partition coefficient (Wildman–Crippen LogP) is 2.95. The average molecular weight is 335 g/mol. The van der Waals surface area contributed by atoms with Crippen molar-refractivity contribution in [1.29, 1.82) is 0 Å². The van der Waals surface area contributed by atoms with E-state index in [1.807, 2.05) is 47.6 Å². The summed E-state index contributed by atoms with van der Waals surface area (Å²) in [5.74, 6) is 0.582. The van der Waals surface area contributed by atoms with Gasteiger partial charge in [0.25, 0.3) is 0 Å². The number of carbonyl (C=O) groups excluding carboxylic acids is 1. The second kappa shape index (κ2) is 6.65. The maximum Gasteiger partial charge on any atom is 0.498 e. The van der Waals surface area contributed by atoms with E-state index < -0.39 is 18.8 Å². The Balaban J connectivity index is 2.15. The van der Waals surface area contributed by atoms with E-state index >= 15 is 0 Å². The molecule has 1 aliphatic rings. The number of hydrogen-bond acceptors (Lipinski definition) is 5. The lowest BCUT2D eigenvalue weighted by atomic mass is 9.78. The highest BCUT2D eigenvalue weighted by Gasteiger charge is 2.45. The summed E-state index contributed by atoms with van der Waals surface area (Å²) in [4.78, 5) is 11.9. The third-order valence-electron chi connectivity index (χ3n) is 3.85. The third-order valence-corrected chi connectivity index (χ3v) is 3.85. The van der Waals surface area contributed by atoms with Gasteiger partial charge in [-0.25, -0.2) is 4.79 Å². The maximum absolute atomic E-state index is 11.9. The van der Waals surface area contributed by atoms with E-state index in [9.17, 15) is 4.79 Å². The van der Waals surface area contributed by atoms with Gasteiger partial charge in [0.05, 0.1) is 18.8 Å². The number of anilines is 1. The number of methoxy groups -OCH3 is 1. The molecule has 0 saturated carbocycles. The molecule has 24 heavy (non-hydrogen) atoms. The van der Waals surface area contributed by atoms with Crippen LogP contribution in [0.2, 0.25) is 0 Å². The van der Waals surface area contributed by atoms with Crippen LogP contribution in [0.3, 0.4) is 0 Å². The van der Waals surface area contributed by atoms with Crippen molar-refractivity contribution in [3.63, 3.8) is 0 Å². The average Bonchev–Trinajstić information content (AvgIpc) is 2.70. The molecule has 0 aliphatic carbocycles. The smallest absolute Gasteiger partial charge is 0.497 e. The minimum atomic E-state index is -0.554. The number of amides is 1. The predicted molar refractivity (Wildman–Crippen MR) is 93.9 cm³/mol. The molecule has 1 atom stereocenters. The van der Waals surface area contributed by atoms with Crippen molar-refractivity contribution in [2.75, 3.05) is 12.4 Å². The fraction of sp³-hybridized carbons (Fsp3) is 0.588. The zero-order valence-electron chi connectivity index (χ0n) is 15.4. The molecule has 0 bridgehead atoms. The first kappa shape index (κ1) is 18.6. The van der Waals surface area contributed by atoms with Gasteiger partial charge in [-0.3, -0.25) is 5.32 Å². The van der Waals surface area contributed by atoms with Crippen molar-refractivity contribution in [3.8, 4) is 5.75 Å². The van der Waals surface area contributed by atoms with Crippen molar-refractivity contribution >= 4 is 24.4 Å². The molecular formula is C17H26BNO5. The number of ether oxygens (including phenoxy) is 2. The fourth-order valence-electron chi connectivity index (χ4n) is 2.29. The summed E-state index contributed by atoms with van der Waals surface area (Å²) >= 11 is 0. The number of nitrogens with one attached hydrogen (secondary N) is 1. The SMILES string of the molecule is COc1cc(NC(=O)OC(C)(C)C)ccc1B1OC(C)C(C)(C)O1. The minimum Gasteiger partial charge on any atom is -0.497 e. The Labute approximate surface area is 143 Å². The Morgan fingerprint density at radius 3 is 2.50 bits per heavy atom. The van der Waals surface area contributed by atoms with E-state index in [1.54, 1.807) is 19.2 Å². The third kappa shape index (κ3) is 4.42. The first-order valence-electron chi connectivity index (χ1n) is 8.03. The summed E-state index contributed by atoms with van der Waals surface area (Å²) in [6, 6.07) is 5.32. The van der Waals surface area contributed by atoms with Crippen LogP contribution in [-0.4, -0.2) is 37.6 Å². The van der Waals surface area contributed by atoms with Crippen molar-refractivity contribution in [1.82, 2.24) is 0 Å². The Hall–Kier alpha value is -1.73. The molecule has 1 N–H and O–H groups in total. The first-order chi connectivity index (χ1) is 11.0. The van der Waals surface area contributed by atoms with Crippen molar-refractivity contribution < 1.29 is 23.6 Å². The molecule has 1 fully saturated rings. The van der Waals surface area contributed by atoms with Crippen LogP contribution < -0.4 is 15.5 Å². The number of benzene rings is 1. The Morgan fingerprint density at radius 1 is 1.33 bits per heavy atom. The normalized spacial score (nSPS) is 20.0. The van der Waals surface area contributed by atoms with E-state index in [0.717, 1.165) is 5.46 Å². The van der Waals surface area contributed by atoms with Gasteiger partial charge in [-0.2, -0.15) is 0 Å². The molecule has 1 aromatic rings. The molecule has 0 spiro atoms. The van der Waals surface area contributed by atoms with E-state index in [0.29, 0.717) is 11.4 Å². The highest BCUT2D eigenvalue weighted by atomic mass is 16.7. The van der Waals surface area contributed by atoms with E-state index in [1.165, 1.54) is 0 Å². The fourth-order valence-corrected chi connectivity index (χ4v) is 2.29. The highest BCUT2D eigenvalue weighted by molar-refractivity contribution is 6.63. The van der Waals surface area contributed by atoms with E-state index in [4.69, 9.17) is 18.8 Å². The second-order valence-corrected chi connectivity index (χ2v) is 7.42. The van der Waals surface area contributed by atoms with Crippen LogP contribution in [0.5, 0.6) is 5.75 Å². The number of hydrogen-bond donors (Lipinski definition) is 1. The minimum absolute atomic E-state index is 0.0354. The number of carbonyl (C=O) groups is 1. The molecule has 1 saturated heterocycles. The molecular weight excluding hydrogens is 309 g/mol. The van der Waals surface area contributed by atoms with Crippen LogP contribution in [0.25, 0.3) is 0 Å². The maximum atomic E-state index is 11.9. The van der Waals surface area contributed by atoms with Crippen LogP contribution in [0.4, 0.5) is 10.5 Å². The van der Waals surface area contributed by atoms with Gasteiger partial charge in [-0.15, -0.1) is 0 Å². The molecule has 1 heterocycles. The Bertz CT molecular complexity index is 611. The molecule has 1 aromatic carbocycles. The molecule has 2 rings (SSSR count). The van der Waals surface area contributed by atoms with Crippen molar-refractivity contribution in [2.24, 2.45) is 0 Å². The summed E-state index contributed by atoms with van der Waals surface area (Å²) in [5.41, 5.74) is 0.435. The zero-order valence-corrected chi connectivity index (χ0v) is 15.4. The molecule has 6 nitrogen and oxygen atoms in total. The molecule has 1 aliphatic heterocycles. The topological polar surface area (TPSA) is 66.0 Å². The zero-order chi connectivity index (χ0) is 18.1. The largest absolute Gasteiger partial charge is 0.498 e. The van der Waals surface area contributed by atoms with Crippen molar-refractivity contribution in [3.05, 3.63) is 18.2 Å². The number of rotatable bonds is 3. The van der Waals surface area contributed by atoms with Gasteiger partial charge in [0.1, 0.15) is 11.4 Å². The first-order valence-corrected chi connectivity index (χ1v) is 8.03. The standard InChI is InChI=1S/C17H26BNO5/c1-11-17(5,6)24-18(23-11)13-9-8-12(10-14(13)21-7)19-15(20)22-16(2,3)4/h8-11H,1-7H3,(H,19,20). The summed E-state index contributed by atoms with van der Waals surface area (Å²) in [7, 11) is 1.07. The van der Waals surface area contributed by atoms with E-state index in [-0.39, 0.29) is 11.7 Å². The van der Waals surface area contributed by atoms with Crippen LogP contribution >= 0.6 is 0 Å².